The van der Waals surface area contributed by atoms with Crippen molar-refractivity contribution in [2.45, 2.75) is 55.4 Å². The molecule has 2 nitrogen and oxygen atoms in total. The summed E-state index contributed by atoms with van der Waals surface area (Å²) in [5.74, 6) is 0.248. The van der Waals surface area contributed by atoms with Crippen LogP contribution in [0, 0.1) is 10.8 Å². The summed E-state index contributed by atoms with van der Waals surface area (Å²) in [4.78, 5) is 30.9. The summed E-state index contributed by atoms with van der Waals surface area (Å²) in [6.45, 7) is 16.5. The van der Waals surface area contributed by atoms with Crippen LogP contribution in [0.2, 0.25) is 0 Å². The maximum absolute atomic E-state index is 13.1. The first-order valence-corrected chi connectivity index (χ1v) is 16.4. The summed E-state index contributed by atoms with van der Waals surface area (Å²) < 4.78 is 0. The molecule has 0 aromatic carbocycles. The Morgan fingerprint density at radius 2 is 0.951 bits per heavy atom. The standard InChI is InChI=1S/C36H36O2S3/c1-21-17-23(19-25(33(21)37)35(3,4)5)31(27-11-9-15-39-27)29-13-14-30(41-29)32(28-12-10-16-40-28)24-18-22(2)34(38)26(20-24)36(6,7)8/h9-20H,1-8H3. The van der Waals surface area contributed by atoms with Crippen LogP contribution in [0.5, 0.6) is 0 Å². The van der Waals surface area contributed by atoms with Gasteiger partial charge in [-0.15, -0.1) is 34.0 Å². The van der Waals surface area contributed by atoms with Gasteiger partial charge in [0.25, 0.3) is 0 Å². The average Bonchev–Trinajstić information content (AvgIpc) is 3.67. The first-order chi connectivity index (χ1) is 19.3. The maximum atomic E-state index is 13.1. The highest BCUT2D eigenvalue weighted by molar-refractivity contribution is 7.16. The topological polar surface area (TPSA) is 34.1 Å². The van der Waals surface area contributed by atoms with Crippen LogP contribution in [0.1, 0.15) is 74.9 Å². The van der Waals surface area contributed by atoms with Crippen molar-refractivity contribution < 1.29 is 9.59 Å². The van der Waals surface area contributed by atoms with Crippen molar-refractivity contribution >= 4 is 56.7 Å². The molecule has 0 saturated carbocycles. The molecule has 0 spiro atoms. The first-order valence-electron chi connectivity index (χ1n) is 13.8. The van der Waals surface area contributed by atoms with E-state index in [1.165, 1.54) is 9.75 Å². The van der Waals surface area contributed by atoms with E-state index in [1.807, 2.05) is 26.0 Å². The number of ketones is 2. The highest BCUT2D eigenvalue weighted by atomic mass is 32.1. The molecule has 3 aromatic heterocycles. The van der Waals surface area contributed by atoms with Gasteiger partial charge in [0.15, 0.2) is 11.6 Å². The Morgan fingerprint density at radius 3 is 1.27 bits per heavy atom. The summed E-state index contributed by atoms with van der Waals surface area (Å²) in [5, 5.41) is 4.21. The molecule has 3 heterocycles. The minimum Gasteiger partial charge on any atom is -0.289 e. The van der Waals surface area contributed by atoms with Crippen LogP contribution in [0.4, 0.5) is 0 Å². The van der Waals surface area contributed by atoms with Crippen molar-refractivity contribution in [2.24, 2.45) is 10.8 Å². The van der Waals surface area contributed by atoms with Gasteiger partial charge in [-0.1, -0.05) is 53.7 Å². The van der Waals surface area contributed by atoms with Crippen molar-refractivity contribution in [3.63, 3.8) is 0 Å². The fraction of sp³-hybridized carbons (Fsp3) is 0.278. The van der Waals surface area contributed by atoms with Gasteiger partial charge in [-0.25, -0.2) is 0 Å². The zero-order valence-corrected chi connectivity index (χ0v) is 27.4. The third kappa shape index (κ3) is 5.81. The molecule has 2 aliphatic rings. The molecule has 0 atom stereocenters. The van der Waals surface area contributed by atoms with Gasteiger partial charge in [0.05, 0.1) is 0 Å². The van der Waals surface area contributed by atoms with Gasteiger partial charge < -0.3 is 0 Å². The Kier molecular flexibility index (Phi) is 7.84. The van der Waals surface area contributed by atoms with Crippen LogP contribution < -0.4 is 0 Å². The quantitative estimate of drug-likeness (QED) is 0.300. The number of allylic oxidation sites excluding steroid dienone is 10. The van der Waals surface area contributed by atoms with Crippen molar-refractivity contribution in [1.82, 2.24) is 0 Å². The summed E-state index contributed by atoms with van der Waals surface area (Å²) in [5.41, 5.74) is 7.15. The van der Waals surface area contributed by atoms with Gasteiger partial charge in [0.1, 0.15) is 0 Å². The predicted molar refractivity (Wildman–Crippen MR) is 178 cm³/mol. The van der Waals surface area contributed by atoms with E-state index in [-0.39, 0.29) is 22.4 Å². The second kappa shape index (κ2) is 10.9. The molecule has 5 heteroatoms. The lowest BCUT2D eigenvalue weighted by Crippen LogP contribution is -2.21. The highest BCUT2D eigenvalue weighted by Gasteiger charge is 2.30. The monoisotopic (exact) mass is 596 g/mol. The van der Waals surface area contributed by atoms with E-state index in [1.54, 1.807) is 34.0 Å². The van der Waals surface area contributed by atoms with E-state index >= 15 is 0 Å². The van der Waals surface area contributed by atoms with Gasteiger partial charge in [-0.05, 0) is 106 Å². The van der Waals surface area contributed by atoms with Crippen molar-refractivity contribution in [3.8, 4) is 0 Å². The summed E-state index contributed by atoms with van der Waals surface area (Å²) in [6.07, 6.45) is 8.28. The molecule has 0 N–H and O–H groups in total. The highest BCUT2D eigenvalue weighted by Crippen LogP contribution is 2.44. The number of hydrogen-bond donors (Lipinski definition) is 0. The van der Waals surface area contributed by atoms with Crippen molar-refractivity contribution in [1.29, 1.82) is 0 Å². The predicted octanol–water partition coefficient (Wildman–Crippen LogP) is 10.5. The molecule has 0 bridgehead atoms. The first kappa shape index (κ1) is 29.4. The van der Waals surface area contributed by atoms with Crippen LogP contribution in [0.25, 0.3) is 11.1 Å². The molecule has 0 unspecified atom stereocenters. The molecular formula is C36H36O2S3. The summed E-state index contributed by atoms with van der Waals surface area (Å²) in [7, 11) is 0. The smallest absolute Gasteiger partial charge is 0.185 e. The normalized spacial score (nSPS) is 19.0. The molecule has 0 saturated heterocycles. The number of carbonyl (C=O) groups excluding carboxylic acids is 2. The van der Waals surface area contributed by atoms with Gasteiger partial charge in [-0.3, -0.25) is 9.59 Å². The van der Waals surface area contributed by atoms with Crippen LogP contribution >= 0.6 is 34.0 Å². The molecule has 3 aromatic rings. The number of Topliss-reactive ketones (excluding diaryl/α,β-unsaturated/α-hetero) is 2. The van der Waals surface area contributed by atoms with E-state index in [4.69, 9.17) is 0 Å². The Hall–Kier alpha value is -3.12. The third-order valence-electron chi connectivity index (χ3n) is 7.38. The number of rotatable bonds is 4. The minimum absolute atomic E-state index is 0.124. The molecule has 0 radical (unpaired) electrons. The second-order valence-corrected chi connectivity index (χ2v) is 15.7. The van der Waals surface area contributed by atoms with E-state index < -0.39 is 0 Å². The van der Waals surface area contributed by atoms with E-state index in [9.17, 15) is 9.59 Å². The molecule has 0 amide bonds. The maximum Gasteiger partial charge on any atom is 0.185 e. The van der Waals surface area contributed by atoms with E-state index in [2.05, 4.69) is 101 Å². The van der Waals surface area contributed by atoms with Gasteiger partial charge >= 0.3 is 0 Å². The number of hydrogen-bond acceptors (Lipinski definition) is 5. The van der Waals surface area contributed by atoms with E-state index in [0.29, 0.717) is 0 Å². The molecule has 5 rings (SSSR count). The molecule has 0 fully saturated rings. The molecule has 41 heavy (non-hydrogen) atoms. The third-order valence-corrected chi connectivity index (χ3v) is 10.3. The lowest BCUT2D eigenvalue weighted by atomic mass is 9.77. The zero-order chi connectivity index (χ0) is 29.7. The summed E-state index contributed by atoms with van der Waals surface area (Å²) >= 11 is 5.20. The van der Waals surface area contributed by atoms with Crippen LogP contribution in [0.3, 0.4) is 0 Å². The molecule has 0 aliphatic heterocycles. The van der Waals surface area contributed by atoms with Gasteiger partial charge in [0.2, 0.25) is 0 Å². The SMILES string of the molecule is CC1=CC(=C(c2cccs2)c2ccc(C(=C3C=C(C)C(=O)C(C(C)(C)C)=C3)c3cccs3)s2)C=C(C(C)(C)C)C1=O. The minimum atomic E-state index is -0.254. The van der Waals surface area contributed by atoms with Crippen LogP contribution in [0.15, 0.2) is 105 Å². The molecule has 2 aliphatic carbocycles. The van der Waals surface area contributed by atoms with E-state index in [0.717, 1.165) is 54.3 Å². The van der Waals surface area contributed by atoms with Crippen molar-refractivity contribution in [2.75, 3.05) is 0 Å². The Labute approximate surface area is 255 Å². The Morgan fingerprint density at radius 1 is 0.561 bits per heavy atom. The largest absolute Gasteiger partial charge is 0.289 e. The molecule has 210 valence electrons. The number of thiophene rings is 3. The lowest BCUT2D eigenvalue weighted by molar-refractivity contribution is -0.113. The summed E-state index contributed by atoms with van der Waals surface area (Å²) in [6, 6.07) is 12.9. The fourth-order valence-corrected chi connectivity index (χ4v) is 8.12. The Bertz CT molecular complexity index is 1580. The number of carbonyl (C=O) groups is 2. The molecular weight excluding hydrogens is 561 g/mol. The van der Waals surface area contributed by atoms with Crippen molar-refractivity contribution in [3.05, 3.63) is 124 Å². The fourth-order valence-electron chi connectivity index (χ4n) is 5.21. The van der Waals surface area contributed by atoms with Crippen LogP contribution in [-0.4, -0.2) is 11.6 Å². The average molecular weight is 597 g/mol. The lowest BCUT2D eigenvalue weighted by Gasteiger charge is -2.26. The van der Waals surface area contributed by atoms with Crippen LogP contribution in [-0.2, 0) is 9.59 Å². The second-order valence-electron chi connectivity index (χ2n) is 12.7. The Balaban J connectivity index is 1.75. The van der Waals surface area contributed by atoms with Gasteiger partial charge in [0, 0.05) is 41.8 Å². The van der Waals surface area contributed by atoms with Gasteiger partial charge in [-0.2, -0.15) is 0 Å². The zero-order valence-electron chi connectivity index (χ0n) is 25.0.